The topological polar surface area (TPSA) is 0 Å². The monoisotopic (exact) mass is 99.1 g/mol. The molecule has 0 atom stereocenters. The summed E-state index contributed by atoms with van der Waals surface area (Å²) in [6.07, 6.45) is 3.81. The minimum Gasteiger partial charge on any atom is -0.0242 e. The maximum absolute atomic E-state index is 2.22. The van der Waals surface area contributed by atoms with Crippen LogP contribution in [0.5, 0.6) is 0 Å². The smallest absolute Gasteiger partial charge is 0.0242 e. The third-order valence-electron chi connectivity index (χ3n) is 1.50. The molecule has 0 amide bonds. The highest BCUT2D eigenvalue weighted by atomic mass is 14.0. The lowest BCUT2D eigenvalue weighted by Gasteiger charge is -1.93. The van der Waals surface area contributed by atoms with Gasteiger partial charge in [0.1, 0.15) is 0 Å². The fraction of sp³-hybridized carbons (Fsp3) is 0.857. The first kappa shape index (κ1) is 6.87. The molecule has 0 aliphatic heterocycles. The van der Waals surface area contributed by atoms with Gasteiger partial charge in [-0.25, -0.2) is 0 Å². The van der Waals surface area contributed by atoms with Gasteiger partial charge in [-0.1, -0.05) is 0 Å². The number of rotatable bonds is 3. The largest absolute Gasteiger partial charge is 0.0896 e. The Balaban J connectivity index is 2.99. The Morgan fingerprint density at radius 2 is 1.14 bits per heavy atom. The fourth-order valence-corrected chi connectivity index (χ4v) is 0.750. The molecule has 0 aromatic carbocycles. The van der Waals surface area contributed by atoms with E-state index in [1.165, 1.54) is 19.3 Å². The molecule has 0 aromatic rings. The zero-order chi connectivity index (χ0) is 5.70. The fourth-order valence-electron chi connectivity index (χ4n) is 0.750. The lowest BCUT2D eigenvalue weighted by Crippen LogP contribution is -1.88. The van der Waals surface area contributed by atoms with Crippen LogP contribution in [0.3, 0.4) is 0 Å². The second-order valence-corrected chi connectivity index (χ2v) is 1.81. The standard InChI is InChI=1S/C7H15/c1-4-7(5-2)6-3/h4-6H2,1-3H3/q+1. The van der Waals surface area contributed by atoms with E-state index in [9.17, 15) is 0 Å². The van der Waals surface area contributed by atoms with Crippen molar-refractivity contribution in [2.75, 3.05) is 0 Å². The molecule has 7 heavy (non-hydrogen) atoms. The van der Waals surface area contributed by atoms with Gasteiger partial charge in [0.25, 0.3) is 0 Å². The molecule has 0 fully saturated rings. The average Bonchev–Trinajstić information content (AvgIpc) is 1.72. The van der Waals surface area contributed by atoms with E-state index in [4.69, 9.17) is 0 Å². The van der Waals surface area contributed by atoms with Gasteiger partial charge >= 0.3 is 0 Å². The van der Waals surface area contributed by atoms with Crippen LogP contribution in [0.25, 0.3) is 0 Å². The summed E-state index contributed by atoms with van der Waals surface area (Å²) in [5.41, 5.74) is 0. The van der Waals surface area contributed by atoms with Crippen molar-refractivity contribution in [3.63, 3.8) is 0 Å². The second-order valence-electron chi connectivity index (χ2n) is 1.81. The van der Waals surface area contributed by atoms with Crippen LogP contribution >= 0.6 is 0 Å². The number of hydrogen-bond donors (Lipinski definition) is 0. The van der Waals surface area contributed by atoms with Crippen LogP contribution in [0.1, 0.15) is 40.0 Å². The van der Waals surface area contributed by atoms with Crippen molar-refractivity contribution in [3.05, 3.63) is 5.92 Å². The molecule has 0 spiro atoms. The maximum atomic E-state index is 2.22. The summed E-state index contributed by atoms with van der Waals surface area (Å²) in [7, 11) is 0. The first-order valence-corrected chi connectivity index (χ1v) is 3.18. The normalized spacial score (nSPS) is 9.00. The van der Waals surface area contributed by atoms with E-state index in [-0.39, 0.29) is 0 Å². The molecule has 42 valence electrons. The van der Waals surface area contributed by atoms with Crippen molar-refractivity contribution >= 4 is 0 Å². The predicted molar refractivity (Wildman–Crippen MR) is 34.1 cm³/mol. The summed E-state index contributed by atoms with van der Waals surface area (Å²) < 4.78 is 0. The van der Waals surface area contributed by atoms with E-state index in [1.54, 1.807) is 5.92 Å². The molecule has 0 N–H and O–H groups in total. The van der Waals surface area contributed by atoms with Crippen LogP contribution in [0, 0.1) is 5.92 Å². The molecular formula is C7H15+. The first-order chi connectivity index (χ1) is 3.35. The van der Waals surface area contributed by atoms with Crippen molar-refractivity contribution in [2.45, 2.75) is 40.0 Å². The summed E-state index contributed by atoms with van der Waals surface area (Å²) in [5, 5.41) is 0. The zero-order valence-corrected chi connectivity index (χ0v) is 5.62. The predicted octanol–water partition coefficient (Wildman–Crippen LogP) is 2.79. The second kappa shape index (κ2) is 4.04. The lowest BCUT2D eigenvalue weighted by molar-refractivity contribution is 0.739. The van der Waals surface area contributed by atoms with E-state index in [2.05, 4.69) is 20.8 Å². The van der Waals surface area contributed by atoms with Crippen molar-refractivity contribution in [1.29, 1.82) is 0 Å². The Kier molecular flexibility index (Phi) is 3.97. The van der Waals surface area contributed by atoms with Gasteiger partial charge in [0.15, 0.2) is 0 Å². The van der Waals surface area contributed by atoms with Crippen LogP contribution in [-0.4, -0.2) is 0 Å². The van der Waals surface area contributed by atoms with E-state index in [1.807, 2.05) is 0 Å². The molecule has 0 saturated carbocycles. The van der Waals surface area contributed by atoms with Crippen LogP contribution in [0.4, 0.5) is 0 Å². The van der Waals surface area contributed by atoms with E-state index in [0.29, 0.717) is 0 Å². The van der Waals surface area contributed by atoms with Crippen LogP contribution in [0.2, 0.25) is 0 Å². The Morgan fingerprint density at radius 1 is 0.857 bits per heavy atom. The highest BCUT2D eigenvalue weighted by Gasteiger charge is 2.08. The Bertz CT molecular complexity index is 21.5. The molecule has 0 unspecified atom stereocenters. The molecule has 0 nitrogen and oxygen atoms in total. The number of hydrogen-bond acceptors (Lipinski definition) is 0. The summed E-state index contributed by atoms with van der Waals surface area (Å²) in [6, 6.07) is 0. The summed E-state index contributed by atoms with van der Waals surface area (Å²) in [6.45, 7) is 6.67. The third kappa shape index (κ3) is 2.55. The van der Waals surface area contributed by atoms with Gasteiger partial charge in [-0.3, -0.25) is 0 Å². The van der Waals surface area contributed by atoms with Crippen LogP contribution in [-0.2, 0) is 0 Å². The summed E-state index contributed by atoms with van der Waals surface area (Å²) >= 11 is 0. The Hall–Kier alpha value is -0.130. The van der Waals surface area contributed by atoms with E-state index in [0.717, 1.165) is 0 Å². The molecule has 0 heteroatoms. The Labute approximate surface area is 46.9 Å². The first-order valence-electron chi connectivity index (χ1n) is 3.18. The molecule has 0 saturated heterocycles. The van der Waals surface area contributed by atoms with Gasteiger partial charge < -0.3 is 0 Å². The quantitative estimate of drug-likeness (QED) is 0.477. The van der Waals surface area contributed by atoms with Gasteiger partial charge in [-0.15, -0.1) is 0 Å². The van der Waals surface area contributed by atoms with E-state index >= 15 is 0 Å². The minimum absolute atomic E-state index is 1.27. The molecular weight excluding hydrogens is 84.1 g/mol. The Morgan fingerprint density at radius 3 is 1.14 bits per heavy atom. The van der Waals surface area contributed by atoms with Crippen molar-refractivity contribution in [2.24, 2.45) is 0 Å². The average molecular weight is 99.2 g/mol. The van der Waals surface area contributed by atoms with Crippen molar-refractivity contribution in [1.82, 2.24) is 0 Å². The molecule has 0 bridgehead atoms. The summed E-state index contributed by atoms with van der Waals surface area (Å²) in [4.78, 5) is 0. The highest BCUT2D eigenvalue weighted by Crippen LogP contribution is 2.12. The maximum Gasteiger partial charge on any atom is 0.0896 e. The van der Waals surface area contributed by atoms with Gasteiger partial charge in [0.2, 0.25) is 0 Å². The van der Waals surface area contributed by atoms with Crippen molar-refractivity contribution in [3.8, 4) is 0 Å². The zero-order valence-electron chi connectivity index (χ0n) is 5.62. The van der Waals surface area contributed by atoms with E-state index < -0.39 is 0 Å². The minimum atomic E-state index is 1.27. The summed E-state index contributed by atoms with van der Waals surface area (Å²) in [5.74, 6) is 1.68. The highest BCUT2D eigenvalue weighted by molar-refractivity contribution is 4.83. The molecule has 0 aromatic heterocycles. The molecule has 0 heterocycles. The van der Waals surface area contributed by atoms with Crippen molar-refractivity contribution < 1.29 is 0 Å². The molecule has 0 radical (unpaired) electrons. The van der Waals surface area contributed by atoms with Gasteiger partial charge in [-0.05, 0) is 20.8 Å². The lowest BCUT2D eigenvalue weighted by atomic mass is 10.0. The third-order valence-corrected chi connectivity index (χ3v) is 1.50. The van der Waals surface area contributed by atoms with Gasteiger partial charge in [-0.2, -0.15) is 0 Å². The SMILES string of the molecule is CC[C+](CC)CC. The van der Waals surface area contributed by atoms with Crippen LogP contribution in [0.15, 0.2) is 0 Å². The van der Waals surface area contributed by atoms with Gasteiger partial charge in [0.05, 0.1) is 25.2 Å². The van der Waals surface area contributed by atoms with Crippen LogP contribution < -0.4 is 0 Å². The molecule has 0 aliphatic rings. The molecule has 0 rings (SSSR count). The van der Waals surface area contributed by atoms with Gasteiger partial charge in [0, 0.05) is 0 Å². The molecule has 0 aliphatic carbocycles.